The molecule has 0 saturated heterocycles. The highest BCUT2D eigenvalue weighted by Gasteiger charge is 2.06. The summed E-state index contributed by atoms with van der Waals surface area (Å²) in [7, 11) is 0. The summed E-state index contributed by atoms with van der Waals surface area (Å²) in [4.78, 5) is 5.35. The van der Waals surface area contributed by atoms with Gasteiger partial charge < -0.3 is 9.73 Å². The molecule has 0 aliphatic carbocycles. The third kappa shape index (κ3) is 2.67. The number of oxazole rings is 1. The Kier molecular flexibility index (Phi) is 3.18. The zero-order valence-corrected chi connectivity index (χ0v) is 9.67. The van der Waals surface area contributed by atoms with E-state index in [1.165, 1.54) is 0 Å². The van der Waals surface area contributed by atoms with Crippen molar-refractivity contribution >= 4 is 11.3 Å². The largest absolute Gasteiger partial charge is 0.438 e. The van der Waals surface area contributed by atoms with Crippen molar-refractivity contribution in [2.45, 2.75) is 26.4 Å². The van der Waals surface area contributed by atoms with E-state index in [9.17, 15) is 0 Å². The van der Waals surface area contributed by atoms with Crippen molar-refractivity contribution in [3.8, 4) is 10.6 Å². The molecule has 4 heteroatoms. The zero-order valence-electron chi connectivity index (χ0n) is 8.86. The lowest BCUT2D eigenvalue weighted by molar-refractivity contribution is 0.459. The van der Waals surface area contributed by atoms with Crippen LogP contribution < -0.4 is 5.32 Å². The molecule has 0 radical (unpaired) electrons. The summed E-state index contributed by atoms with van der Waals surface area (Å²) in [6.07, 6.45) is 1.78. The van der Waals surface area contributed by atoms with Crippen LogP contribution in [0.4, 0.5) is 0 Å². The predicted molar refractivity (Wildman–Crippen MR) is 61.8 cm³/mol. The van der Waals surface area contributed by atoms with Crippen molar-refractivity contribution in [3.05, 3.63) is 29.6 Å². The molecule has 0 aliphatic rings. The third-order valence-electron chi connectivity index (χ3n) is 1.98. The molecule has 0 bridgehead atoms. The van der Waals surface area contributed by atoms with Gasteiger partial charge in [-0.3, -0.25) is 0 Å². The van der Waals surface area contributed by atoms with E-state index in [2.05, 4.69) is 24.1 Å². The highest BCUT2D eigenvalue weighted by Crippen LogP contribution is 2.24. The molecule has 0 unspecified atom stereocenters. The van der Waals surface area contributed by atoms with E-state index in [1.807, 2.05) is 17.5 Å². The third-order valence-corrected chi connectivity index (χ3v) is 2.86. The Morgan fingerprint density at radius 1 is 1.53 bits per heavy atom. The molecule has 0 aliphatic heterocycles. The smallest absolute Gasteiger partial charge is 0.208 e. The molecule has 0 aromatic carbocycles. The van der Waals surface area contributed by atoms with Gasteiger partial charge in [-0.2, -0.15) is 0 Å². The van der Waals surface area contributed by atoms with Crippen LogP contribution >= 0.6 is 11.3 Å². The number of nitrogens with one attached hydrogen (secondary N) is 1. The molecule has 0 saturated carbocycles. The Hall–Kier alpha value is -1.13. The van der Waals surface area contributed by atoms with Crippen LogP contribution in [0.3, 0.4) is 0 Å². The maximum atomic E-state index is 5.62. The maximum absolute atomic E-state index is 5.62. The van der Waals surface area contributed by atoms with Crippen LogP contribution in [0.5, 0.6) is 0 Å². The molecule has 0 spiro atoms. The van der Waals surface area contributed by atoms with Crippen LogP contribution in [-0.2, 0) is 6.54 Å². The lowest BCUT2D eigenvalue weighted by Crippen LogP contribution is -2.21. The Morgan fingerprint density at radius 2 is 2.40 bits per heavy atom. The molecule has 80 valence electrons. The van der Waals surface area contributed by atoms with Gasteiger partial charge in [-0.25, -0.2) is 4.98 Å². The van der Waals surface area contributed by atoms with E-state index in [0.717, 1.165) is 16.5 Å². The van der Waals surface area contributed by atoms with Gasteiger partial charge in [0.1, 0.15) is 0 Å². The summed E-state index contributed by atoms with van der Waals surface area (Å²) < 4.78 is 5.62. The highest BCUT2D eigenvalue weighted by atomic mass is 32.1. The number of thiophene rings is 1. The molecule has 15 heavy (non-hydrogen) atoms. The monoisotopic (exact) mass is 222 g/mol. The first-order valence-corrected chi connectivity index (χ1v) is 5.85. The van der Waals surface area contributed by atoms with Crippen LogP contribution in [-0.4, -0.2) is 11.0 Å². The molecule has 3 nitrogen and oxygen atoms in total. The lowest BCUT2D eigenvalue weighted by Gasteiger charge is -2.03. The van der Waals surface area contributed by atoms with E-state index in [1.54, 1.807) is 17.5 Å². The van der Waals surface area contributed by atoms with Crippen LogP contribution in [0.25, 0.3) is 10.6 Å². The fraction of sp³-hybridized carbons (Fsp3) is 0.364. The van der Waals surface area contributed by atoms with Gasteiger partial charge >= 0.3 is 0 Å². The van der Waals surface area contributed by atoms with Gasteiger partial charge in [0.05, 0.1) is 17.6 Å². The summed E-state index contributed by atoms with van der Waals surface area (Å²) in [6, 6.07) is 4.49. The van der Waals surface area contributed by atoms with Gasteiger partial charge in [-0.15, -0.1) is 11.3 Å². The number of hydrogen-bond acceptors (Lipinski definition) is 4. The van der Waals surface area contributed by atoms with Gasteiger partial charge in [-0.1, -0.05) is 19.9 Å². The molecule has 2 aromatic heterocycles. The van der Waals surface area contributed by atoms with Gasteiger partial charge in [0.15, 0.2) is 5.76 Å². The van der Waals surface area contributed by atoms with Crippen molar-refractivity contribution in [1.82, 2.24) is 10.3 Å². The lowest BCUT2D eigenvalue weighted by atomic mass is 10.4. The first-order chi connectivity index (χ1) is 7.25. The van der Waals surface area contributed by atoms with Crippen molar-refractivity contribution in [3.63, 3.8) is 0 Å². The number of aromatic nitrogens is 1. The number of rotatable bonds is 4. The van der Waals surface area contributed by atoms with Gasteiger partial charge in [-0.05, 0) is 11.4 Å². The summed E-state index contributed by atoms with van der Waals surface area (Å²) in [5.41, 5.74) is 0. The Labute approximate surface area is 93.2 Å². The molecular formula is C11H14N2OS. The van der Waals surface area contributed by atoms with Gasteiger partial charge in [0.25, 0.3) is 0 Å². The van der Waals surface area contributed by atoms with Crippen LogP contribution in [0.2, 0.25) is 0 Å². The topological polar surface area (TPSA) is 38.1 Å². The Balaban J connectivity index is 2.04. The van der Waals surface area contributed by atoms with Crippen molar-refractivity contribution in [2.24, 2.45) is 0 Å². The second-order valence-corrected chi connectivity index (χ2v) is 4.58. The van der Waals surface area contributed by atoms with Gasteiger partial charge in [0.2, 0.25) is 5.89 Å². The molecule has 0 atom stereocenters. The van der Waals surface area contributed by atoms with Gasteiger partial charge in [0, 0.05) is 6.04 Å². The van der Waals surface area contributed by atoms with Crippen molar-refractivity contribution in [1.29, 1.82) is 0 Å². The summed E-state index contributed by atoms with van der Waals surface area (Å²) >= 11 is 1.66. The average molecular weight is 222 g/mol. The molecule has 1 N–H and O–H groups in total. The Morgan fingerprint density at radius 3 is 3.07 bits per heavy atom. The molecule has 0 fully saturated rings. The molecular weight excluding hydrogens is 208 g/mol. The standard InChI is InChI=1S/C11H14N2OS/c1-8(2)12-7-11-13-6-9(14-11)10-4-3-5-15-10/h3-6,8,12H,7H2,1-2H3. The first kappa shape index (κ1) is 10.4. The van der Waals surface area contributed by atoms with E-state index in [0.29, 0.717) is 12.6 Å². The minimum Gasteiger partial charge on any atom is -0.438 e. The molecule has 2 rings (SSSR count). The molecule has 2 aromatic rings. The molecule has 2 heterocycles. The van der Waals surface area contributed by atoms with Crippen LogP contribution in [0.1, 0.15) is 19.7 Å². The predicted octanol–water partition coefficient (Wildman–Crippen LogP) is 2.90. The maximum Gasteiger partial charge on any atom is 0.208 e. The molecule has 0 amide bonds. The second kappa shape index (κ2) is 4.59. The first-order valence-electron chi connectivity index (χ1n) is 4.97. The Bertz CT molecular complexity index is 406. The highest BCUT2D eigenvalue weighted by molar-refractivity contribution is 7.13. The summed E-state index contributed by atoms with van der Waals surface area (Å²) in [5, 5.41) is 5.30. The van der Waals surface area contributed by atoms with Crippen molar-refractivity contribution < 1.29 is 4.42 Å². The van der Waals surface area contributed by atoms with E-state index < -0.39 is 0 Å². The van der Waals surface area contributed by atoms with Crippen LogP contribution in [0, 0.1) is 0 Å². The van der Waals surface area contributed by atoms with Crippen molar-refractivity contribution in [2.75, 3.05) is 0 Å². The SMILES string of the molecule is CC(C)NCc1ncc(-c2cccs2)o1. The summed E-state index contributed by atoms with van der Waals surface area (Å²) in [5.74, 6) is 1.60. The quantitative estimate of drug-likeness (QED) is 0.864. The minimum atomic E-state index is 0.446. The van der Waals surface area contributed by atoms with E-state index >= 15 is 0 Å². The zero-order chi connectivity index (χ0) is 10.7. The van der Waals surface area contributed by atoms with Crippen LogP contribution in [0.15, 0.2) is 28.1 Å². The fourth-order valence-electron chi connectivity index (χ4n) is 1.22. The van der Waals surface area contributed by atoms with E-state index in [4.69, 9.17) is 4.42 Å². The van der Waals surface area contributed by atoms with E-state index in [-0.39, 0.29) is 0 Å². The summed E-state index contributed by atoms with van der Waals surface area (Å²) in [6.45, 7) is 4.88. The minimum absolute atomic E-state index is 0.446. The number of nitrogens with zero attached hydrogens (tertiary/aromatic N) is 1. The fourth-order valence-corrected chi connectivity index (χ4v) is 1.89. The number of hydrogen-bond donors (Lipinski definition) is 1. The average Bonchev–Trinajstić information content (AvgIpc) is 2.85. The second-order valence-electron chi connectivity index (χ2n) is 3.63. The normalized spacial score (nSPS) is 11.1.